The van der Waals surface area contributed by atoms with E-state index in [-0.39, 0.29) is 30.4 Å². The van der Waals surface area contributed by atoms with Crippen molar-refractivity contribution in [1.82, 2.24) is 5.32 Å². The van der Waals surface area contributed by atoms with Gasteiger partial charge < -0.3 is 29.4 Å². The van der Waals surface area contributed by atoms with Gasteiger partial charge in [0.1, 0.15) is 5.56 Å². The number of benzene rings is 2. The van der Waals surface area contributed by atoms with E-state index in [1.165, 1.54) is 26.2 Å². The monoisotopic (exact) mass is 373 g/mol. The Balaban J connectivity index is 1.57. The molecule has 1 aliphatic heterocycles. The fourth-order valence-electron chi connectivity index (χ4n) is 2.51. The molecule has 0 radical (unpaired) electrons. The number of para-hydroxylation sites is 1. The molecular weight excluding hydrogens is 354 g/mol. The third kappa shape index (κ3) is 4.05. The van der Waals surface area contributed by atoms with Crippen molar-refractivity contribution >= 4 is 11.9 Å². The fraction of sp³-hybridized carbons (Fsp3) is 0.263. The number of ether oxygens (including phenoxy) is 4. The van der Waals surface area contributed by atoms with E-state index in [1.54, 1.807) is 24.3 Å². The number of amides is 1. The lowest BCUT2D eigenvalue weighted by molar-refractivity contribution is -0.129. The lowest BCUT2D eigenvalue weighted by Crippen LogP contribution is -2.35. The molecule has 1 aliphatic rings. The lowest BCUT2D eigenvalue weighted by atomic mass is 10.2. The van der Waals surface area contributed by atoms with E-state index in [9.17, 15) is 14.7 Å². The lowest BCUT2D eigenvalue weighted by Gasteiger charge is -2.15. The molecular formula is C19H19NO7. The molecule has 27 heavy (non-hydrogen) atoms. The fourth-order valence-corrected chi connectivity index (χ4v) is 2.51. The number of methoxy groups -OCH3 is 1. The molecule has 1 amide bonds. The zero-order valence-corrected chi connectivity index (χ0v) is 14.9. The van der Waals surface area contributed by atoms with E-state index in [0.717, 1.165) is 5.56 Å². The van der Waals surface area contributed by atoms with Gasteiger partial charge in [0, 0.05) is 6.54 Å². The highest BCUT2D eigenvalue weighted by Gasteiger charge is 2.22. The van der Waals surface area contributed by atoms with E-state index in [4.69, 9.17) is 18.9 Å². The molecule has 142 valence electrons. The quantitative estimate of drug-likeness (QED) is 0.747. The van der Waals surface area contributed by atoms with Gasteiger partial charge in [0.05, 0.1) is 7.11 Å². The van der Waals surface area contributed by atoms with Crippen molar-refractivity contribution in [2.24, 2.45) is 0 Å². The summed E-state index contributed by atoms with van der Waals surface area (Å²) >= 11 is 0. The van der Waals surface area contributed by atoms with Crippen molar-refractivity contribution in [2.45, 2.75) is 19.6 Å². The number of phenolic OH excluding ortho intramolecular Hbond substituents is 1. The van der Waals surface area contributed by atoms with Crippen LogP contribution in [0.4, 0.5) is 0 Å². The van der Waals surface area contributed by atoms with E-state index in [0.29, 0.717) is 11.5 Å². The van der Waals surface area contributed by atoms with E-state index in [1.807, 2.05) is 0 Å². The zero-order chi connectivity index (χ0) is 19.4. The summed E-state index contributed by atoms with van der Waals surface area (Å²) in [6.07, 6.45) is -1.04. The maximum Gasteiger partial charge on any atom is 0.342 e. The van der Waals surface area contributed by atoms with E-state index in [2.05, 4.69) is 5.32 Å². The van der Waals surface area contributed by atoms with Crippen LogP contribution < -0.4 is 19.5 Å². The van der Waals surface area contributed by atoms with Crippen molar-refractivity contribution in [2.75, 3.05) is 13.9 Å². The molecule has 0 spiro atoms. The molecule has 1 unspecified atom stereocenters. The second kappa shape index (κ2) is 7.86. The van der Waals surface area contributed by atoms with Gasteiger partial charge in [0.2, 0.25) is 6.79 Å². The Bertz CT molecular complexity index is 865. The van der Waals surface area contributed by atoms with Crippen LogP contribution >= 0.6 is 0 Å². The molecule has 0 fully saturated rings. The third-order valence-corrected chi connectivity index (χ3v) is 4.00. The number of phenols is 1. The minimum absolute atomic E-state index is 0.0789. The maximum absolute atomic E-state index is 12.2. The Labute approximate surface area is 155 Å². The first-order valence-corrected chi connectivity index (χ1v) is 8.22. The Morgan fingerprint density at radius 1 is 1.22 bits per heavy atom. The minimum Gasteiger partial charge on any atom is -0.504 e. The van der Waals surface area contributed by atoms with Crippen LogP contribution in [0.3, 0.4) is 0 Å². The van der Waals surface area contributed by atoms with E-state index >= 15 is 0 Å². The number of hydrogen-bond acceptors (Lipinski definition) is 7. The van der Waals surface area contributed by atoms with Crippen LogP contribution in [0.25, 0.3) is 0 Å². The highest BCUT2D eigenvalue weighted by atomic mass is 16.7. The number of carbonyl (C=O) groups excluding carboxylic acids is 2. The van der Waals surface area contributed by atoms with Crippen LogP contribution in [0, 0.1) is 0 Å². The molecule has 2 aromatic rings. The van der Waals surface area contributed by atoms with Gasteiger partial charge in [-0.25, -0.2) is 4.79 Å². The van der Waals surface area contributed by atoms with Crippen LogP contribution in [-0.2, 0) is 16.1 Å². The van der Waals surface area contributed by atoms with Crippen LogP contribution in [0.2, 0.25) is 0 Å². The molecule has 0 aromatic heterocycles. The number of nitrogens with one attached hydrogen (secondary N) is 1. The summed E-state index contributed by atoms with van der Waals surface area (Å²) in [5.41, 5.74) is 0.737. The van der Waals surface area contributed by atoms with Crippen LogP contribution in [0.5, 0.6) is 23.0 Å². The third-order valence-electron chi connectivity index (χ3n) is 4.00. The first-order chi connectivity index (χ1) is 13.0. The second-order valence-electron chi connectivity index (χ2n) is 5.81. The average Bonchev–Trinajstić information content (AvgIpc) is 3.13. The number of rotatable bonds is 6. The van der Waals surface area contributed by atoms with Crippen LogP contribution in [-0.4, -0.2) is 37.0 Å². The maximum atomic E-state index is 12.2. The SMILES string of the molecule is COc1cccc(C(=O)OC(C)C(=O)NCc2ccc3c(c2)OCO3)c1O. The number of fused-ring (bicyclic) bond motifs is 1. The molecule has 0 aliphatic carbocycles. The summed E-state index contributed by atoms with van der Waals surface area (Å²) in [5, 5.41) is 12.7. The molecule has 8 heteroatoms. The summed E-state index contributed by atoms with van der Waals surface area (Å²) < 4.78 is 20.6. The molecule has 8 nitrogen and oxygen atoms in total. The van der Waals surface area contributed by atoms with Crippen molar-refractivity contribution in [3.05, 3.63) is 47.5 Å². The largest absolute Gasteiger partial charge is 0.504 e. The number of aromatic hydroxyl groups is 1. The summed E-state index contributed by atoms with van der Waals surface area (Å²) in [7, 11) is 1.37. The van der Waals surface area contributed by atoms with Gasteiger partial charge >= 0.3 is 5.97 Å². The highest BCUT2D eigenvalue weighted by Crippen LogP contribution is 2.32. The Morgan fingerprint density at radius 3 is 2.78 bits per heavy atom. The van der Waals surface area contributed by atoms with Gasteiger partial charge in [-0.1, -0.05) is 12.1 Å². The summed E-state index contributed by atoms with van der Waals surface area (Å²) in [6, 6.07) is 9.77. The minimum atomic E-state index is -1.04. The average molecular weight is 373 g/mol. The first kappa shape index (κ1) is 18.4. The van der Waals surface area contributed by atoms with Gasteiger partial charge in [0.15, 0.2) is 29.1 Å². The zero-order valence-electron chi connectivity index (χ0n) is 14.9. The van der Waals surface area contributed by atoms with Crippen molar-refractivity contribution in [3.8, 4) is 23.0 Å². The van der Waals surface area contributed by atoms with Crippen molar-refractivity contribution < 1.29 is 33.6 Å². The number of esters is 1. The molecule has 3 rings (SSSR count). The van der Waals surface area contributed by atoms with Gasteiger partial charge in [-0.3, -0.25) is 4.79 Å². The molecule has 0 saturated carbocycles. The topological polar surface area (TPSA) is 103 Å². The van der Waals surface area contributed by atoms with Gasteiger partial charge in [-0.05, 0) is 36.8 Å². The van der Waals surface area contributed by atoms with Crippen molar-refractivity contribution in [3.63, 3.8) is 0 Å². The summed E-state index contributed by atoms with van der Waals surface area (Å²) in [5.74, 6) is -0.206. The van der Waals surface area contributed by atoms with Gasteiger partial charge in [-0.15, -0.1) is 0 Å². The predicted molar refractivity (Wildman–Crippen MR) is 93.9 cm³/mol. The molecule has 1 atom stereocenters. The number of carbonyl (C=O) groups is 2. The molecule has 0 bridgehead atoms. The van der Waals surface area contributed by atoms with Crippen LogP contribution in [0.15, 0.2) is 36.4 Å². The normalized spacial score (nSPS) is 13.0. The smallest absolute Gasteiger partial charge is 0.342 e. The van der Waals surface area contributed by atoms with E-state index < -0.39 is 18.0 Å². The van der Waals surface area contributed by atoms with Gasteiger partial charge in [0.25, 0.3) is 5.91 Å². The van der Waals surface area contributed by atoms with Crippen molar-refractivity contribution in [1.29, 1.82) is 0 Å². The summed E-state index contributed by atoms with van der Waals surface area (Å²) in [6.45, 7) is 1.86. The molecule has 1 heterocycles. The first-order valence-electron chi connectivity index (χ1n) is 8.22. The Morgan fingerprint density at radius 2 is 2.00 bits per heavy atom. The summed E-state index contributed by atoms with van der Waals surface area (Å²) in [4.78, 5) is 24.4. The number of hydrogen-bond donors (Lipinski definition) is 2. The van der Waals surface area contributed by atoms with Crippen LogP contribution in [0.1, 0.15) is 22.8 Å². The standard InChI is InChI=1S/C19H19NO7/c1-11(27-19(23)13-4-3-5-15(24-2)17(13)21)18(22)20-9-12-6-7-14-16(8-12)26-10-25-14/h3-8,11,21H,9-10H2,1-2H3,(H,20,22). The second-order valence-corrected chi connectivity index (χ2v) is 5.81. The predicted octanol–water partition coefficient (Wildman–Crippen LogP) is 1.99. The Kier molecular flexibility index (Phi) is 5.35. The highest BCUT2D eigenvalue weighted by molar-refractivity contribution is 5.95. The van der Waals surface area contributed by atoms with Gasteiger partial charge in [-0.2, -0.15) is 0 Å². The molecule has 2 aromatic carbocycles. The molecule has 0 saturated heterocycles. The Hall–Kier alpha value is -3.42. The molecule has 2 N–H and O–H groups in total.